The Hall–Kier alpha value is -7.11. The molecular formula is C61H79N9O8. The van der Waals surface area contributed by atoms with Crippen molar-refractivity contribution in [1.29, 1.82) is 0 Å². The maximum atomic E-state index is 14.6. The van der Waals surface area contributed by atoms with Gasteiger partial charge in [0, 0.05) is 24.1 Å². The number of ether oxygens (including phenoxy) is 1. The molecule has 0 spiro atoms. The predicted octanol–water partition coefficient (Wildman–Crippen LogP) is 5.88. The van der Waals surface area contributed by atoms with E-state index in [1.807, 2.05) is 63.2 Å². The van der Waals surface area contributed by atoms with E-state index in [1.54, 1.807) is 64.3 Å². The summed E-state index contributed by atoms with van der Waals surface area (Å²) < 4.78 is 6.14. The zero-order chi connectivity index (χ0) is 55.7. The predicted molar refractivity (Wildman–Crippen MR) is 297 cm³/mol. The summed E-state index contributed by atoms with van der Waals surface area (Å²) in [6.45, 7) is 9.39. The number of rotatable bonds is 18. The maximum absolute atomic E-state index is 14.6. The molecule has 6 unspecified atom stereocenters. The normalized spacial score (nSPS) is 21.9. The molecule has 7 N–H and O–H groups in total. The van der Waals surface area contributed by atoms with Crippen LogP contribution in [0.25, 0.3) is 0 Å². The number of fused-ring (bicyclic) bond motifs is 2. The van der Waals surface area contributed by atoms with E-state index >= 15 is 0 Å². The van der Waals surface area contributed by atoms with Crippen molar-refractivity contribution in [2.75, 3.05) is 20.6 Å². The molecule has 4 aromatic carbocycles. The van der Waals surface area contributed by atoms with Crippen molar-refractivity contribution < 1.29 is 38.3 Å². The van der Waals surface area contributed by atoms with Crippen molar-refractivity contribution in [3.63, 3.8) is 0 Å². The number of hydrogen-bond donors (Lipinski definition) is 7. The molecule has 2 fully saturated rings. The van der Waals surface area contributed by atoms with Crippen LogP contribution in [-0.4, -0.2) is 102 Å². The number of nitrogens with one attached hydrogen (secondary N) is 7. The molecule has 78 heavy (non-hydrogen) atoms. The van der Waals surface area contributed by atoms with Gasteiger partial charge < -0.3 is 41.5 Å². The Kier molecular flexibility index (Phi) is 18.7. The van der Waals surface area contributed by atoms with Crippen LogP contribution in [0.2, 0.25) is 0 Å². The molecule has 416 valence electrons. The third-order valence-electron chi connectivity index (χ3n) is 16.2. The average Bonchev–Trinajstić information content (AvgIpc) is 4.12. The first-order valence-electron chi connectivity index (χ1n) is 27.9. The summed E-state index contributed by atoms with van der Waals surface area (Å²) in [4.78, 5) is 98.9. The van der Waals surface area contributed by atoms with Gasteiger partial charge in [0.15, 0.2) is 0 Å². The molecule has 0 aromatic heterocycles. The summed E-state index contributed by atoms with van der Waals surface area (Å²) in [6.07, 6.45) is 7.47. The minimum absolute atomic E-state index is 0.0768. The standard InChI is InChI=1S/C61H79N9O8/c1-37(62-6)54(71)67-53(61(3,4)5)60(77)69-35-44(33-52(69)58(75)66-51-24-13-18-42-16-9-11-20-47(42)51)64-56(73)43-29-25-40(26-30-43)36-78-45-31-27-39(28-32-45)34-70(68-55(72)38(2)63-7)59(76)49-22-14-21-48(49)57(74)65-50-23-12-17-41-15-8-10-19-46(41)50/h8-11,15-16,19-20,25-32,37-38,44,48-53,62-63H,12-14,17-18,21-24,33-36H2,1-7H3,(H,64,73)(H,65,74)(H,66,75)(H,67,71)(H,68,72)/t37-,38-,44?,48?,49+,50?,51?,52?,53?/m0/s1. The van der Waals surface area contributed by atoms with Crippen molar-refractivity contribution in [2.45, 2.75) is 154 Å². The van der Waals surface area contributed by atoms with Crippen LogP contribution in [0.5, 0.6) is 5.75 Å². The number of likely N-dealkylation sites (N-methyl/N-ethyl adjacent to an activating group) is 2. The summed E-state index contributed by atoms with van der Waals surface area (Å²) >= 11 is 0. The molecule has 0 bridgehead atoms. The fourth-order valence-electron chi connectivity index (χ4n) is 11.4. The highest BCUT2D eigenvalue weighted by molar-refractivity contribution is 5.96. The second-order valence-electron chi connectivity index (χ2n) is 22.7. The smallest absolute Gasteiger partial charge is 0.255 e. The molecule has 0 radical (unpaired) electrons. The van der Waals surface area contributed by atoms with Gasteiger partial charge in [-0.2, -0.15) is 0 Å². The maximum Gasteiger partial charge on any atom is 0.255 e. The molecule has 3 aliphatic carbocycles. The van der Waals surface area contributed by atoms with E-state index in [0.717, 1.165) is 67.2 Å². The highest BCUT2D eigenvalue weighted by Gasteiger charge is 2.46. The van der Waals surface area contributed by atoms with Gasteiger partial charge in [-0.15, -0.1) is 0 Å². The van der Waals surface area contributed by atoms with Gasteiger partial charge in [0.2, 0.25) is 29.5 Å². The number of aryl methyl sites for hydroxylation is 2. The summed E-state index contributed by atoms with van der Waals surface area (Å²) in [5, 5.41) is 19.7. The molecule has 17 nitrogen and oxygen atoms in total. The Balaban J connectivity index is 0.886. The molecule has 8 rings (SSSR count). The van der Waals surface area contributed by atoms with Crippen LogP contribution >= 0.6 is 0 Å². The van der Waals surface area contributed by atoms with Crippen LogP contribution in [0.1, 0.15) is 142 Å². The van der Waals surface area contributed by atoms with Gasteiger partial charge in [0.1, 0.15) is 24.4 Å². The fourth-order valence-corrected chi connectivity index (χ4v) is 11.4. The van der Waals surface area contributed by atoms with E-state index in [9.17, 15) is 33.6 Å². The van der Waals surface area contributed by atoms with E-state index < -0.39 is 53.4 Å². The highest BCUT2D eigenvalue weighted by Crippen LogP contribution is 2.37. The average molecular weight is 1070 g/mol. The summed E-state index contributed by atoms with van der Waals surface area (Å²) in [6, 6.07) is 26.7. The number of hydrazine groups is 1. The number of hydrogen-bond acceptors (Lipinski definition) is 10. The molecule has 1 saturated carbocycles. The van der Waals surface area contributed by atoms with Gasteiger partial charge in [-0.05, 0) is 149 Å². The first kappa shape index (κ1) is 57.1. The number of carbonyl (C=O) groups excluding carboxylic acids is 7. The van der Waals surface area contributed by atoms with E-state index in [1.165, 1.54) is 21.0 Å². The largest absolute Gasteiger partial charge is 0.489 e. The molecule has 7 amide bonds. The SMILES string of the molecule is CN[C@@H](C)C(=O)NC(C(=O)N1CC(NC(=O)c2ccc(COc3ccc(CN(NC(=O)[C@H](C)NC)C(=O)[C@@H]4CCCC4C(=O)NC4CCCc5ccccc54)cc3)cc2)CC1C(=O)NC1CCCc2ccccc21)C(C)(C)C. The Bertz CT molecular complexity index is 2800. The molecule has 1 saturated heterocycles. The van der Waals surface area contributed by atoms with Crippen LogP contribution in [0, 0.1) is 17.3 Å². The Labute approximate surface area is 459 Å². The quantitative estimate of drug-likeness (QED) is 0.0588. The molecule has 9 atom stereocenters. The number of nitrogens with zero attached hydrogens (tertiary/aromatic N) is 2. The zero-order valence-electron chi connectivity index (χ0n) is 46.3. The first-order chi connectivity index (χ1) is 37.4. The number of likely N-dealkylation sites (tertiary alicyclic amines) is 1. The van der Waals surface area contributed by atoms with Gasteiger partial charge in [-0.3, -0.25) is 39.0 Å². The van der Waals surface area contributed by atoms with E-state index in [0.29, 0.717) is 24.2 Å². The van der Waals surface area contributed by atoms with E-state index in [4.69, 9.17) is 4.74 Å². The van der Waals surface area contributed by atoms with E-state index in [-0.39, 0.29) is 73.6 Å². The fraction of sp³-hybridized carbons (Fsp3) is 0.492. The van der Waals surface area contributed by atoms with Crippen LogP contribution in [0.3, 0.4) is 0 Å². The molecule has 1 heterocycles. The third-order valence-corrected chi connectivity index (χ3v) is 16.2. The summed E-state index contributed by atoms with van der Waals surface area (Å²) in [5.41, 5.74) is 8.72. The number of amides is 7. The lowest BCUT2D eigenvalue weighted by Crippen LogP contribution is -2.59. The Morgan fingerprint density at radius 2 is 1.22 bits per heavy atom. The second kappa shape index (κ2) is 25.6. The minimum atomic E-state index is -0.941. The zero-order valence-corrected chi connectivity index (χ0v) is 46.3. The van der Waals surface area contributed by atoms with Crippen molar-refractivity contribution in [3.05, 3.63) is 136 Å². The Morgan fingerprint density at radius 1 is 0.654 bits per heavy atom. The molecule has 17 heteroatoms. The van der Waals surface area contributed by atoms with Crippen molar-refractivity contribution in [3.8, 4) is 5.75 Å². The first-order valence-corrected chi connectivity index (χ1v) is 27.9. The van der Waals surface area contributed by atoms with Gasteiger partial charge in [0.25, 0.3) is 11.8 Å². The second-order valence-corrected chi connectivity index (χ2v) is 22.7. The summed E-state index contributed by atoms with van der Waals surface area (Å²) in [7, 11) is 3.35. The monoisotopic (exact) mass is 1070 g/mol. The van der Waals surface area contributed by atoms with Crippen molar-refractivity contribution >= 4 is 41.4 Å². The Morgan fingerprint density at radius 3 is 1.82 bits per heavy atom. The lowest BCUT2D eigenvalue weighted by Gasteiger charge is -2.36. The highest BCUT2D eigenvalue weighted by atomic mass is 16.5. The molecule has 4 aromatic rings. The van der Waals surface area contributed by atoms with Crippen LogP contribution in [-0.2, 0) is 54.8 Å². The van der Waals surface area contributed by atoms with Crippen LogP contribution in [0.4, 0.5) is 0 Å². The van der Waals surface area contributed by atoms with Crippen LogP contribution < -0.4 is 42.1 Å². The van der Waals surface area contributed by atoms with Crippen molar-refractivity contribution in [1.82, 2.24) is 47.2 Å². The lowest BCUT2D eigenvalue weighted by molar-refractivity contribution is -0.148. The van der Waals surface area contributed by atoms with Gasteiger partial charge >= 0.3 is 0 Å². The minimum Gasteiger partial charge on any atom is -0.489 e. The third kappa shape index (κ3) is 13.8. The van der Waals surface area contributed by atoms with Crippen LogP contribution in [0.15, 0.2) is 97.1 Å². The lowest BCUT2D eigenvalue weighted by atomic mass is 9.85. The van der Waals surface area contributed by atoms with Gasteiger partial charge in [-0.1, -0.05) is 100.0 Å². The molecule has 4 aliphatic rings. The van der Waals surface area contributed by atoms with Gasteiger partial charge in [-0.25, -0.2) is 5.01 Å². The summed E-state index contributed by atoms with van der Waals surface area (Å²) in [5.74, 6) is -2.72. The number of benzene rings is 4. The van der Waals surface area contributed by atoms with Crippen molar-refractivity contribution in [2.24, 2.45) is 17.3 Å². The topological polar surface area (TPSA) is 219 Å². The van der Waals surface area contributed by atoms with E-state index in [2.05, 4.69) is 55.5 Å². The molecular weight excluding hydrogens is 987 g/mol. The molecule has 1 aliphatic heterocycles. The van der Waals surface area contributed by atoms with Gasteiger partial charge in [0.05, 0.1) is 36.6 Å². The number of carbonyl (C=O) groups is 7.